The minimum absolute atomic E-state index is 0.0459. The molecule has 0 radical (unpaired) electrons. The highest BCUT2D eigenvalue weighted by Gasteiger charge is 2.46. The minimum atomic E-state index is -1.27. The van der Waals surface area contributed by atoms with Crippen molar-refractivity contribution < 1.29 is 17.9 Å². The van der Waals surface area contributed by atoms with Crippen molar-refractivity contribution in [2.45, 2.75) is 135 Å². The molecule has 0 saturated heterocycles. The summed E-state index contributed by atoms with van der Waals surface area (Å²) >= 11 is 0. The lowest BCUT2D eigenvalue weighted by molar-refractivity contribution is -0.0607. The first-order valence-electron chi connectivity index (χ1n) is 14.5. The van der Waals surface area contributed by atoms with E-state index in [9.17, 15) is 4.39 Å². The zero-order chi connectivity index (χ0) is 23.4. The van der Waals surface area contributed by atoms with E-state index in [0.29, 0.717) is 36.7 Å². The van der Waals surface area contributed by atoms with E-state index in [-0.39, 0.29) is 17.9 Å². The molecule has 4 fully saturated rings. The standard InChI is InChI=1S/C29H49F3O/c1-3-4-20-6-10-22(11-7-20)24-14-15-25(29(32)28(24)31)23-12-8-21(9-13-23)18-33-27-16-5-19(2)17-26(27)30/h19-29H,3-18H2,1-2H3. The first-order chi connectivity index (χ1) is 16.0. The molecule has 0 amide bonds. The van der Waals surface area contributed by atoms with Crippen molar-refractivity contribution in [2.24, 2.45) is 41.4 Å². The fourth-order valence-electron chi connectivity index (χ4n) is 7.99. The van der Waals surface area contributed by atoms with Crippen LogP contribution in [-0.2, 0) is 4.74 Å². The number of ether oxygens (including phenoxy) is 1. The summed E-state index contributed by atoms with van der Waals surface area (Å²) in [7, 11) is 0. The number of alkyl halides is 3. The fourth-order valence-corrected chi connectivity index (χ4v) is 7.99. The fraction of sp³-hybridized carbons (Fsp3) is 1.00. The largest absolute Gasteiger partial charge is 0.375 e. The molecule has 7 unspecified atom stereocenters. The van der Waals surface area contributed by atoms with E-state index in [2.05, 4.69) is 13.8 Å². The zero-order valence-corrected chi connectivity index (χ0v) is 21.2. The molecular weight excluding hydrogens is 421 g/mol. The maximum atomic E-state index is 15.3. The monoisotopic (exact) mass is 470 g/mol. The van der Waals surface area contributed by atoms with Crippen LogP contribution < -0.4 is 0 Å². The molecular formula is C29H49F3O. The van der Waals surface area contributed by atoms with Crippen molar-refractivity contribution in [1.29, 1.82) is 0 Å². The summed E-state index contributed by atoms with van der Waals surface area (Å²) in [5, 5.41) is 0. The molecule has 4 saturated carbocycles. The van der Waals surface area contributed by atoms with Crippen LogP contribution in [0.1, 0.15) is 110 Å². The summed E-state index contributed by atoms with van der Waals surface area (Å²) in [6.07, 6.45) is 11.9. The molecule has 4 aliphatic rings. The predicted molar refractivity (Wildman–Crippen MR) is 129 cm³/mol. The lowest BCUT2D eigenvalue weighted by atomic mass is 9.63. The van der Waals surface area contributed by atoms with Crippen LogP contribution in [0.4, 0.5) is 13.2 Å². The van der Waals surface area contributed by atoms with E-state index in [1.807, 2.05) is 0 Å². The normalized spacial score (nSPS) is 47.4. The number of halogens is 3. The Kier molecular flexibility index (Phi) is 9.49. The Morgan fingerprint density at radius 1 is 0.667 bits per heavy atom. The van der Waals surface area contributed by atoms with Crippen LogP contribution in [0.15, 0.2) is 0 Å². The van der Waals surface area contributed by atoms with E-state index in [1.165, 1.54) is 25.7 Å². The molecule has 1 nitrogen and oxygen atoms in total. The smallest absolute Gasteiger partial charge is 0.134 e. The summed E-state index contributed by atoms with van der Waals surface area (Å²) in [5.74, 6) is 2.33. The van der Waals surface area contributed by atoms with Gasteiger partial charge in [0.05, 0.1) is 6.10 Å². The molecule has 0 heterocycles. The molecule has 0 bridgehead atoms. The summed E-state index contributed by atoms with van der Waals surface area (Å²) in [6, 6.07) is 0. The van der Waals surface area contributed by atoms with Gasteiger partial charge in [-0.3, -0.25) is 0 Å². The third-order valence-electron chi connectivity index (χ3n) is 10.2. The molecule has 0 aromatic carbocycles. The first-order valence-corrected chi connectivity index (χ1v) is 14.5. The lowest BCUT2D eigenvalue weighted by Gasteiger charge is -2.44. The first kappa shape index (κ1) is 25.8. The Hall–Kier alpha value is -0.250. The van der Waals surface area contributed by atoms with Crippen molar-refractivity contribution in [3.05, 3.63) is 0 Å². The van der Waals surface area contributed by atoms with Gasteiger partial charge in [-0.15, -0.1) is 0 Å². The summed E-state index contributed by atoms with van der Waals surface area (Å²) in [6.45, 7) is 5.01. The van der Waals surface area contributed by atoms with Crippen LogP contribution >= 0.6 is 0 Å². The van der Waals surface area contributed by atoms with Gasteiger partial charge in [0, 0.05) is 6.61 Å². The Labute approximate surface area is 201 Å². The quantitative estimate of drug-likeness (QED) is 0.362. The van der Waals surface area contributed by atoms with Gasteiger partial charge in [0.1, 0.15) is 18.5 Å². The van der Waals surface area contributed by atoms with Crippen LogP contribution in [0, 0.1) is 41.4 Å². The SMILES string of the molecule is CCCC1CCC(C2CCC(C3CCC(COC4CCC(C)CC4F)CC3)C(F)C2F)CC1. The second kappa shape index (κ2) is 12.1. The highest BCUT2D eigenvalue weighted by molar-refractivity contribution is 4.95. The van der Waals surface area contributed by atoms with Gasteiger partial charge in [0.25, 0.3) is 0 Å². The second-order valence-electron chi connectivity index (χ2n) is 12.5. The molecule has 4 heteroatoms. The third-order valence-corrected chi connectivity index (χ3v) is 10.2. The van der Waals surface area contributed by atoms with E-state index < -0.39 is 18.5 Å². The van der Waals surface area contributed by atoms with Crippen molar-refractivity contribution in [3.63, 3.8) is 0 Å². The Morgan fingerprint density at radius 3 is 1.73 bits per heavy atom. The molecule has 4 rings (SSSR count). The van der Waals surface area contributed by atoms with E-state index in [0.717, 1.165) is 70.1 Å². The van der Waals surface area contributed by atoms with E-state index in [1.54, 1.807) is 0 Å². The minimum Gasteiger partial charge on any atom is -0.375 e. The number of hydrogen-bond donors (Lipinski definition) is 0. The van der Waals surface area contributed by atoms with Gasteiger partial charge in [-0.25, -0.2) is 13.2 Å². The van der Waals surface area contributed by atoms with Crippen molar-refractivity contribution in [2.75, 3.05) is 6.61 Å². The van der Waals surface area contributed by atoms with Crippen molar-refractivity contribution in [3.8, 4) is 0 Å². The summed E-state index contributed by atoms with van der Waals surface area (Å²) in [4.78, 5) is 0. The molecule has 192 valence electrons. The molecule has 33 heavy (non-hydrogen) atoms. The summed E-state index contributed by atoms with van der Waals surface area (Å²) in [5.41, 5.74) is 0. The van der Waals surface area contributed by atoms with Gasteiger partial charge >= 0.3 is 0 Å². The zero-order valence-electron chi connectivity index (χ0n) is 21.2. The van der Waals surface area contributed by atoms with Crippen molar-refractivity contribution in [1.82, 2.24) is 0 Å². The Balaban J connectivity index is 1.19. The predicted octanol–water partition coefficient (Wildman–Crippen LogP) is 8.65. The van der Waals surface area contributed by atoms with E-state index in [4.69, 9.17) is 4.74 Å². The molecule has 0 aromatic heterocycles. The molecule has 7 atom stereocenters. The highest BCUT2D eigenvalue weighted by atomic mass is 19.2. The van der Waals surface area contributed by atoms with Gasteiger partial charge < -0.3 is 4.74 Å². The summed E-state index contributed by atoms with van der Waals surface area (Å²) < 4.78 is 50.9. The van der Waals surface area contributed by atoms with Crippen LogP contribution in [0.3, 0.4) is 0 Å². The maximum Gasteiger partial charge on any atom is 0.134 e. The van der Waals surface area contributed by atoms with Gasteiger partial charge in [0.15, 0.2) is 0 Å². The van der Waals surface area contributed by atoms with Gasteiger partial charge in [0.2, 0.25) is 0 Å². The number of hydrogen-bond acceptors (Lipinski definition) is 1. The lowest BCUT2D eigenvalue weighted by Crippen LogP contribution is -2.45. The molecule has 0 spiro atoms. The van der Waals surface area contributed by atoms with Crippen molar-refractivity contribution >= 4 is 0 Å². The van der Waals surface area contributed by atoms with Gasteiger partial charge in [-0.1, -0.05) is 39.5 Å². The average molecular weight is 471 g/mol. The topological polar surface area (TPSA) is 9.23 Å². The second-order valence-corrected chi connectivity index (χ2v) is 12.5. The molecule has 0 N–H and O–H groups in total. The van der Waals surface area contributed by atoms with Gasteiger partial charge in [-0.05, 0) is 112 Å². The van der Waals surface area contributed by atoms with Crippen LogP contribution in [0.25, 0.3) is 0 Å². The van der Waals surface area contributed by atoms with Crippen LogP contribution in [0.5, 0.6) is 0 Å². The number of rotatable bonds is 7. The van der Waals surface area contributed by atoms with Crippen LogP contribution in [0.2, 0.25) is 0 Å². The molecule has 0 aliphatic heterocycles. The molecule has 0 aromatic rings. The van der Waals surface area contributed by atoms with Crippen LogP contribution in [-0.4, -0.2) is 31.2 Å². The van der Waals surface area contributed by atoms with E-state index >= 15 is 8.78 Å². The van der Waals surface area contributed by atoms with Gasteiger partial charge in [-0.2, -0.15) is 0 Å². The highest BCUT2D eigenvalue weighted by Crippen LogP contribution is 2.48. The molecule has 4 aliphatic carbocycles. The Morgan fingerprint density at radius 2 is 1.21 bits per heavy atom. The average Bonchev–Trinajstić information content (AvgIpc) is 2.82. The third kappa shape index (κ3) is 6.50. The Bertz CT molecular complexity index is 569. The maximum absolute atomic E-state index is 15.3.